The molecule has 0 aliphatic carbocycles. The maximum Gasteiger partial charge on any atom is 0.150 e. The van der Waals surface area contributed by atoms with Gasteiger partial charge in [0.05, 0.1) is 0 Å². The van der Waals surface area contributed by atoms with E-state index in [2.05, 4.69) is 11.6 Å². The summed E-state index contributed by atoms with van der Waals surface area (Å²) in [6.45, 7) is 9.36. The average Bonchev–Trinajstić information content (AvgIpc) is 2.64. The Balaban J connectivity index is 0.00000139. The van der Waals surface area contributed by atoms with Crippen LogP contribution in [0.3, 0.4) is 0 Å². The third-order valence-electron chi connectivity index (χ3n) is 3.27. The fraction of sp³-hybridized carbons (Fsp3) is 0.200. The van der Waals surface area contributed by atoms with Gasteiger partial charge >= 0.3 is 0 Å². The van der Waals surface area contributed by atoms with Gasteiger partial charge < -0.3 is 5.11 Å². The van der Waals surface area contributed by atoms with Gasteiger partial charge in [-0.2, -0.15) is 0 Å². The second kappa shape index (κ2) is 9.40. The topological polar surface area (TPSA) is 50.2 Å². The molecule has 0 aliphatic heterocycles. The lowest BCUT2D eigenvalue weighted by Gasteiger charge is -2.10. The molecule has 0 saturated heterocycles. The molecular weight excluding hydrogens is 305 g/mol. The summed E-state index contributed by atoms with van der Waals surface area (Å²) in [6.07, 6.45) is 4.30. The number of aromatic nitrogens is 1. The molecule has 1 aromatic carbocycles. The Labute approximate surface area is 142 Å². The lowest BCUT2D eigenvalue weighted by atomic mass is 9.99. The van der Waals surface area contributed by atoms with Gasteiger partial charge in [-0.3, -0.25) is 9.78 Å². The van der Waals surface area contributed by atoms with Gasteiger partial charge in [0.15, 0.2) is 0 Å². The SMILES string of the molecule is C=C(C=O)c1cc(Cc2ccc(F)cc2)cnc1/C(O)=C\C.CC. The Bertz CT molecular complexity index is 734. The normalized spacial score (nSPS) is 10.6. The first-order valence-corrected chi connectivity index (χ1v) is 7.78. The second-order valence-electron chi connectivity index (χ2n) is 4.86. The van der Waals surface area contributed by atoms with Gasteiger partial charge in [0.1, 0.15) is 23.6 Å². The van der Waals surface area contributed by atoms with Crippen LogP contribution in [-0.4, -0.2) is 16.4 Å². The molecule has 4 heteroatoms. The second-order valence-corrected chi connectivity index (χ2v) is 4.86. The zero-order valence-corrected chi connectivity index (χ0v) is 14.2. The van der Waals surface area contributed by atoms with Crippen LogP contribution in [0.5, 0.6) is 0 Å². The number of allylic oxidation sites excluding steroid dienone is 2. The number of hydrogen-bond donors (Lipinski definition) is 1. The van der Waals surface area contributed by atoms with E-state index < -0.39 is 0 Å². The van der Waals surface area contributed by atoms with E-state index in [9.17, 15) is 14.3 Å². The van der Waals surface area contributed by atoms with Crippen molar-refractivity contribution in [3.05, 3.63) is 77.4 Å². The summed E-state index contributed by atoms with van der Waals surface area (Å²) in [4.78, 5) is 15.2. The molecule has 0 fully saturated rings. The minimum absolute atomic E-state index is 0.00803. The van der Waals surface area contributed by atoms with E-state index in [1.165, 1.54) is 18.2 Å². The van der Waals surface area contributed by atoms with Gasteiger partial charge in [0.2, 0.25) is 0 Å². The zero-order chi connectivity index (χ0) is 18.1. The van der Waals surface area contributed by atoms with Gasteiger partial charge in [-0.15, -0.1) is 0 Å². The number of halogens is 1. The van der Waals surface area contributed by atoms with Crippen LogP contribution in [0, 0.1) is 5.82 Å². The molecule has 0 unspecified atom stereocenters. The smallest absolute Gasteiger partial charge is 0.150 e. The number of nitrogens with zero attached hydrogens (tertiary/aromatic N) is 1. The molecule has 0 bridgehead atoms. The van der Waals surface area contributed by atoms with Gasteiger partial charge in [-0.25, -0.2) is 4.39 Å². The van der Waals surface area contributed by atoms with E-state index in [-0.39, 0.29) is 17.1 Å². The Morgan fingerprint density at radius 1 is 1.25 bits per heavy atom. The third-order valence-corrected chi connectivity index (χ3v) is 3.27. The quantitative estimate of drug-likeness (QED) is 0.479. The summed E-state index contributed by atoms with van der Waals surface area (Å²) in [7, 11) is 0. The molecule has 0 amide bonds. The van der Waals surface area contributed by atoms with Crippen LogP contribution >= 0.6 is 0 Å². The average molecular weight is 327 g/mol. The first-order chi connectivity index (χ1) is 11.5. The summed E-state index contributed by atoms with van der Waals surface area (Å²) >= 11 is 0. The van der Waals surface area contributed by atoms with E-state index in [1.54, 1.807) is 31.3 Å². The molecule has 0 radical (unpaired) electrons. The number of rotatable bonds is 5. The lowest BCUT2D eigenvalue weighted by Crippen LogP contribution is -2.00. The van der Waals surface area contributed by atoms with Crippen molar-refractivity contribution in [3.8, 4) is 0 Å². The molecule has 1 heterocycles. The predicted molar refractivity (Wildman–Crippen MR) is 96.2 cm³/mol. The van der Waals surface area contributed by atoms with Gasteiger partial charge in [0, 0.05) is 17.3 Å². The molecule has 0 spiro atoms. The Hall–Kier alpha value is -2.75. The van der Waals surface area contributed by atoms with E-state index in [4.69, 9.17) is 0 Å². The van der Waals surface area contributed by atoms with Crippen LogP contribution in [0.25, 0.3) is 11.3 Å². The molecule has 0 atom stereocenters. The van der Waals surface area contributed by atoms with Crippen molar-refractivity contribution in [3.63, 3.8) is 0 Å². The number of aliphatic hydroxyl groups excluding tert-OH is 1. The van der Waals surface area contributed by atoms with Crippen LogP contribution in [-0.2, 0) is 11.2 Å². The highest BCUT2D eigenvalue weighted by atomic mass is 19.1. The number of pyridine rings is 1. The number of benzene rings is 1. The molecule has 0 saturated carbocycles. The molecule has 24 heavy (non-hydrogen) atoms. The minimum Gasteiger partial charge on any atom is -0.506 e. The summed E-state index contributed by atoms with van der Waals surface area (Å²) in [5.74, 6) is -0.295. The molecule has 3 nitrogen and oxygen atoms in total. The first-order valence-electron chi connectivity index (χ1n) is 7.78. The van der Waals surface area contributed by atoms with E-state index in [0.29, 0.717) is 24.0 Å². The van der Waals surface area contributed by atoms with Crippen molar-refractivity contribution < 1.29 is 14.3 Å². The van der Waals surface area contributed by atoms with Crippen LogP contribution in [0.4, 0.5) is 4.39 Å². The molecule has 126 valence electrons. The molecular formula is C20H22FNO2. The number of aldehydes is 1. The lowest BCUT2D eigenvalue weighted by molar-refractivity contribution is -0.103. The van der Waals surface area contributed by atoms with Crippen LogP contribution < -0.4 is 0 Å². The van der Waals surface area contributed by atoms with Crippen molar-refractivity contribution in [1.29, 1.82) is 0 Å². The number of aliphatic hydroxyl groups is 1. The van der Waals surface area contributed by atoms with Crippen LogP contribution in [0.2, 0.25) is 0 Å². The summed E-state index contributed by atoms with van der Waals surface area (Å²) < 4.78 is 12.9. The minimum atomic E-state index is -0.287. The Morgan fingerprint density at radius 3 is 2.42 bits per heavy atom. The van der Waals surface area contributed by atoms with Crippen molar-refractivity contribution in [2.45, 2.75) is 27.2 Å². The standard InChI is InChI=1S/C18H16FNO2.C2H6/c1-3-17(22)18-16(12(2)11-21)9-14(10-20-18)8-13-4-6-15(19)7-5-13;1-2/h3-7,9-11,22H,2,8H2,1H3;1-2H3/b17-3+;. The molecule has 1 N–H and O–H groups in total. The molecule has 1 aromatic heterocycles. The molecule has 2 aromatic rings. The maximum absolute atomic E-state index is 12.9. The zero-order valence-electron chi connectivity index (χ0n) is 14.2. The fourth-order valence-corrected chi connectivity index (χ4v) is 2.09. The van der Waals surface area contributed by atoms with E-state index >= 15 is 0 Å². The highest BCUT2D eigenvalue weighted by Crippen LogP contribution is 2.22. The number of carbonyl (C=O) groups is 1. The Kier molecular flexibility index (Phi) is 7.56. The Morgan fingerprint density at radius 2 is 1.88 bits per heavy atom. The summed E-state index contributed by atoms with van der Waals surface area (Å²) in [5.41, 5.74) is 2.83. The largest absolute Gasteiger partial charge is 0.506 e. The monoisotopic (exact) mass is 327 g/mol. The van der Waals surface area contributed by atoms with Gasteiger partial charge in [0.25, 0.3) is 0 Å². The van der Waals surface area contributed by atoms with Gasteiger partial charge in [-0.1, -0.05) is 32.6 Å². The summed E-state index contributed by atoms with van der Waals surface area (Å²) in [5, 5.41) is 9.87. The van der Waals surface area contributed by atoms with Crippen molar-refractivity contribution in [2.75, 3.05) is 0 Å². The number of hydrogen-bond acceptors (Lipinski definition) is 3. The predicted octanol–water partition coefficient (Wildman–Crippen LogP) is 4.97. The molecule has 2 rings (SSSR count). The van der Waals surface area contributed by atoms with E-state index in [1.807, 2.05) is 13.8 Å². The van der Waals surface area contributed by atoms with Gasteiger partial charge in [-0.05, 0) is 48.7 Å². The van der Waals surface area contributed by atoms with Crippen molar-refractivity contribution in [1.82, 2.24) is 4.98 Å². The third kappa shape index (κ3) is 4.88. The van der Waals surface area contributed by atoms with Crippen molar-refractivity contribution in [2.24, 2.45) is 0 Å². The summed E-state index contributed by atoms with van der Waals surface area (Å²) in [6, 6.07) is 7.95. The molecule has 0 aliphatic rings. The first kappa shape index (κ1) is 19.3. The van der Waals surface area contributed by atoms with Crippen molar-refractivity contribution >= 4 is 17.6 Å². The highest BCUT2D eigenvalue weighted by molar-refractivity contribution is 6.07. The fourth-order valence-electron chi connectivity index (χ4n) is 2.09. The highest BCUT2D eigenvalue weighted by Gasteiger charge is 2.12. The number of carbonyl (C=O) groups excluding carboxylic acids is 1. The maximum atomic E-state index is 12.9. The van der Waals surface area contributed by atoms with E-state index in [0.717, 1.165) is 11.1 Å². The van der Waals surface area contributed by atoms with Crippen LogP contribution in [0.1, 0.15) is 43.2 Å². The van der Waals surface area contributed by atoms with Crippen LogP contribution in [0.15, 0.2) is 49.2 Å².